The molecule has 0 radical (unpaired) electrons. The average molecular weight is 412 g/mol. The molecule has 6 heteroatoms. The summed E-state index contributed by atoms with van der Waals surface area (Å²) >= 11 is 6.19. The van der Waals surface area contributed by atoms with Crippen LogP contribution in [0.2, 0.25) is 5.02 Å². The summed E-state index contributed by atoms with van der Waals surface area (Å²) in [6.07, 6.45) is 1.98. The first-order valence-corrected chi connectivity index (χ1v) is 10.1. The standard InChI is InChI=1S/C23H26ClN3O2/c1-5-27-13-20(17(4)26-27)16(3)25-23(28)19-8-6-7-18(12-19)14-29-22-11-15(2)9-10-21(22)24/h6-13,16H,5,14H2,1-4H3,(H,25,28). The number of amides is 1. The van der Waals surface area contributed by atoms with Crippen molar-refractivity contribution in [2.45, 2.75) is 46.9 Å². The number of benzene rings is 2. The van der Waals surface area contributed by atoms with Crippen LogP contribution in [0.4, 0.5) is 0 Å². The topological polar surface area (TPSA) is 56.2 Å². The number of rotatable bonds is 7. The molecule has 3 aromatic rings. The van der Waals surface area contributed by atoms with Gasteiger partial charge in [-0.05, 0) is 63.1 Å². The van der Waals surface area contributed by atoms with Gasteiger partial charge in [0.1, 0.15) is 12.4 Å². The number of aromatic nitrogens is 2. The number of halogens is 1. The van der Waals surface area contributed by atoms with Crippen molar-refractivity contribution in [3.05, 3.63) is 81.6 Å². The molecule has 1 unspecified atom stereocenters. The van der Waals surface area contributed by atoms with Crippen LogP contribution in [0.1, 0.15) is 52.6 Å². The van der Waals surface area contributed by atoms with Gasteiger partial charge >= 0.3 is 0 Å². The molecule has 0 aliphatic rings. The van der Waals surface area contributed by atoms with Crippen molar-refractivity contribution in [3.8, 4) is 5.75 Å². The minimum absolute atomic E-state index is 0.128. The zero-order valence-electron chi connectivity index (χ0n) is 17.2. The van der Waals surface area contributed by atoms with Gasteiger partial charge in [-0.1, -0.05) is 29.8 Å². The lowest BCUT2D eigenvalue weighted by Gasteiger charge is -2.14. The molecule has 1 aromatic heterocycles. The normalized spacial score (nSPS) is 11.9. The molecule has 0 saturated heterocycles. The monoisotopic (exact) mass is 411 g/mol. The molecule has 3 rings (SSSR count). The van der Waals surface area contributed by atoms with Gasteiger partial charge in [0.15, 0.2) is 0 Å². The molecule has 2 aromatic carbocycles. The van der Waals surface area contributed by atoms with E-state index in [0.29, 0.717) is 22.9 Å². The first-order valence-electron chi connectivity index (χ1n) is 9.70. The molecule has 0 saturated carbocycles. The van der Waals surface area contributed by atoms with Crippen molar-refractivity contribution < 1.29 is 9.53 Å². The molecule has 1 amide bonds. The van der Waals surface area contributed by atoms with Gasteiger partial charge in [0.05, 0.1) is 16.8 Å². The third-order valence-corrected chi connectivity index (χ3v) is 5.10. The van der Waals surface area contributed by atoms with Gasteiger partial charge in [-0.15, -0.1) is 0 Å². The highest BCUT2D eigenvalue weighted by molar-refractivity contribution is 6.32. The van der Waals surface area contributed by atoms with Crippen LogP contribution in [0.3, 0.4) is 0 Å². The molecule has 0 fully saturated rings. The van der Waals surface area contributed by atoms with Crippen molar-refractivity contribution >= 4 is 17.5 Å². The lowest BCUT2D eigenvalue weighted by Crippen LogP contribution is -2.27. The number of hydrogen-bond acceptors (Lipinski definition) is 3. The number of nitrogens with zero attached hydrogens (tertiary/aromatic N) is 2. The van der Waals surface area contributed by atoms with Crippen LogP contribution in [-0.2, 0) is 13.2 Å². The van der Waals surface area contributed by atoms with E-state index >= 15 is 0 Å². The van der Waals surface area contributed by atoms with Crippen molar-refractivity contribution in [2.75, 3.05) is 0 Å². The largest absolute Gasteiger partial charge is 0.487 e. The van der Waals surface area contributed by atoms with Crippen LogP contribution < -0.4 is 10.1 Å². The maximum absolute atomic E-state index is 12.7. The summed E-state index contributed by atoms with van der Waals surface area (Å²) in [4.78, 5) is 12.7. The summed E-state index contributed by atoms with van der Waals surface area (Å²) in [5.74, 6) is 0.509. The first-order chi connectivity index (χ1) is 13.9. The van der Waals surface area contributed by atoms with E-state index in [1.54, 1.807) is 6.07 Å². The summed E-state index contributed by atoms with van der Waals surface area (Å²) in [6, 6.07) is 13.0. The summed E-state index contributed by atoms with van der Waals surface area (Å²) < 4.78 is 7.72. The third-order valence-electron chi connectivity index (χ3n) is 4.79. The predicted octanol–water partition coefficient (Wildman–Crippen LogP) is 5.24. The Bertz CT molecular complexity index is 1010. The second kappa shape index (κ2) is 9.14. The molecule has 0 aliphatic carbocycles. The maximum atomic E-state index is 12.7. The summed E-state index contributed by atoms with van der Waals surface area (Å²) in [5.41, 5.74) is 4.52. The molecule has 1 atom stereocenters. The highest BCUT2D eigenvalue weighted by Crippen LogP contribution is 2.26. The van der Waals surface area contributed by atoms with Gasteiger partial charge in [-0.3, -0.25) is 9.48 Å². The number of nitrogens with one attached hydrogen (secondary N) is 1. The maximum Gasteiger partial charge on any atom is 0.251 e. The zero-order valence-corrected chi connectivity index (χ0v) is 18.0. The van der Waals surface area contributed by atoms with Crippen molar-refractivity contribution in [3.63, 3.8) is 0 Å². The molecule has 0 bridgehead atoms. The van der Waals surface area contributed by atoms with E-state index in [9.17, 15) is 4.79 Å². The third kappa shape index (κ3) is 5.18. The lowest BCUT2D eigenvalue weighted by molar-refractivity contribution is 0.0939. The minimum atomic E-state index is -0.131. The van der Waals surface area contributed by atoms with Gasteiger partial charge in [0.2, 0.25) is 0 Å². The molecule has 1 heterocycles. The van der Waals surface area contributed by atoms with Crippen molar-refractivity contribution in [1.29, 1.82) is 0 Å². The van der Waals surface area contributed by atoms with Crippen LogP contribution in [0.5, 0.6) is 5.75 Å². The average Bonchev–Trinajstić information content (AvgIpc) is 3.10. The Morgan fingerprint density at radius 2 is 2.03 bits per heavy atom. The molecule has 1 N–H and O–H groups in total. The Morgan fingerprint density at radius 3 is 2.76 bits per heavy atom. The zero-order chi connectivity index (χ0) is 21.0. The van der Waals surface area contributed by atoms with Gasteiger partial charge < -0.3 is 10.1 Å². The number of carbonyl (C=O) groups excluding carboxylic acids is 1. The Balaban J connectivity index is 1.67. The minimum Gasteiger partial charge on any atom is -0.487 e. The van der Waals surface area contributed by atoms with Crippen LogP contribution in [0.15, 0.2) is 48.7 Å². The van der Waals surface area contributed by atoms with E-state index in [0.717, 1.165) is 28.9 Å². The summed E-state index contributed by atoms with van der Waals surface area (Å²) in [7, 11) is 0. The van der Waals surface area contributed by atoms with E-state index in [2.05, 4.69) is 10.4 Å². The summed E-state index contributed by atoms with van der Waals surface area (Å²) in [5, 5.41) is 8.07. The van der Waals surface area contributed by atoms with E-state index in [1.165, 1.54) is 0 Å². The van der Waals surface area contributed by atoms with Gasteiger partial charge in [-0.2, -0.15) is 5.10 Å². The Labute approximate surface area is 176 Å². The second-order valence-corrected chi connectivity index (χ2v) is 7.55. The molecule has 5 nitrogen and oxygen atoms in total. The fraction of sp³-hybridized carbons (Fsp3) is 0.304. The smallest absolute Gasteiger partial charge is 0.251 e. The highest BCUT2D eigenvalue weighted by Gasteiger charge is 2.16. The fourth-order valence-electron chi connectivity index (χ4n) is 3.16. The summed E-state index contributed by atoms with van der Waals surface area (Å²) in [6.45, 7) is 9.09. The van der Waals surface area contributed by atoms with E-state index in [4.69, 9.17) is 16.3 Å². The van der Waals surface area contributed by atoms with Gasteiger partial charge in [0.25, 0.3) is 5.91 Å². The predicted molar refractivity (Wildman–Crippen MR) is 115 cm³/mol. The molecule has 152 valence electrons. The second-order valence-electron chi connectivity index (χ2n) is 7.14. The van der Waals surface area contributed by atoms with Gasteiger partial charge in [0, 0.05) is 23.9 Å². The molecule has 0 aliphatic heterocycles. The number of carbonyl (C=O) groups is 1. The molecule has 0 spiro atoms. The Kier molecular flexibility index (Phi) is 6.60. The van der Waals surface area contributed by atoms with Crippen molar-refractivity contribution in [1.82, 2.24) is 15.1 Å². The number of aryl methyl sites for hydroxylation is 3. The fourth-order valence-corrected chi connectivity index (χ4v) is 3.33. The number of hydrogen-bond donors (Lipinski definition) is 1. The SMILES string of the molecule is CCn1cc(C(C)NC(=O)c2cccc(COc3cc(C)ccc3Cl)c2)c(C)n1. The molecular formula is C23H26ClN3O2. The highest BCUT2D eigenvalue weighted by atomic mass is 35.5. The van der Waals surface area contributed by atoms with Crippen LogP contribution in [0.25, 0.3) is 0 Å². The van der Waals surface area contributed by atoms with Crippen LogP contribution in [0, 0.1) is 13.8 Å². The van der Waals surface area contributed by atoms with Crippen molar-refractivity contribution in [2.24, 2.45) is 0 Å². The number of ether oxygens (including phenoxy) is 1. The van der Waals surface area contributed by atoms with Crippen LogP contribution >= 0.6 is 11.6 Å². The lowest BCUT2D eigenvalue weighted by atomic mass is 10.1. The van der Waals surface area contributed by atoms with E-state index < -0.39 is 0 Å². The van der Waals surface area contributed by atoms with E-state index in [1.807, 2.05) is 75.0 Å². The molecular weight excluding hydrogens is 386 g/mol. The Hall–Kier alpha value is -2.79. The quantitative estimate of drug-likeness (QED) is 0.578. The molecule has 29 heavy (non-hydrogen) atoms. The van der Waals surface area contributed by atoms with Crippen LogP contribution in [-0.4, -0.2) is 15.7 Å². The Morgan fingerprint density at radius 1 is 1.24 bits per heavy atom. The van der Waals surface area contributed by atoms with Gasteiger partial charge in [-0.25, -0.2) is 0 Å². The first kappa shape index (κ1) is 20.9. The van der Waals surface area contributed by atoms with E-state index in [-0.39, 0.29) is 11.9 Å².